The van der Waals surface area contributed by atoms with Crippen molar-refractivity contribution < 1.29 is 9.15 Å². The minimum atomic E-state index is 0.294. The Bertz CT molecular complexity index is 370. The molecule has 0 fully saturated rings. The highest BCUT2D eigenvalue weighted by Gasteiger charge is 2.05. The second kappa shape index (κ2) is 3.18. The maximum Gasteiger partial charge on any atom is 0.285 e. The highest BCUT2D eigenvalue weighted by atomic mass is 16.5. The molecule has 66 valence electrons. The number of hydrogen-bond donors (Lipinski definition) is 0. The minimum absolute atomic E-state index is 0.294. The van der Waals surface area contributed by atoms with E-state index in [2.05, 4.69) is 20.2 Å². The fourth-order valence-electron chi connectivity index (χ4n) is 0.803. The van der Waals surface area contributed by atoms with Crippen molar-refractivity contribution >= 4 is 0 Å². The molecule has 0 aliphatic heterocycles. The quantitative estimate of drug-likeness (QED) is 0.667. The molecule has 0 saturated heterocycles. The maximum atomic E-state index is 4.91. The van der Waals surface area contributed by atoms with Gasteiger partial charge >= 0.3 is 0 Å². The van der Waals surface area contributed by atoms with Crippen LogP contribution < -0.4 is 4.74 Å². The van der Waals surface area contributed by atoms with E-state index in [0.717, 1.165) is 0 Å². The fraction of sp³-hybridized carbons (Fsp3) is 0.143. The van der Waals surface area contributed by atoms with Crippen LogP contribution in [0.1, 0.15) is 0 Å². The van der Waals surface area contributed by atoms with E-state index in [0.29, 0.717) is 17.5 Å². The smallest absolute Gasteiger partial charge is 0.285 e. The Morgan fingerprint density at radius 1 is 1.31 bits per heavy atom. The van der Waals surface area contributed by atoms with Gasteiger partial charge in [0.05, 0.1) is 19.5 Å². The van der Waals surface area contributed by atoms with E-state index in [1.165, 1.54) is 18.8 Å². The summed E-state index contributed by atoms with van der Waals surface area (Å²) in [6.45, 7) is 0. The molecule has 0 aromatic carbocycles. The van der Waals surface area contributed by atoms with Crippen molar-refractivity contribution in [3.05, 3.63) is 18.8 Å². The predicted octanol–water partition coefficient (Wildman–Crippen LogP) is 0.535. The topological polar surface area (TPSA) is 73.9 Å². The number of hydrogen-bond acceptors (Lipinski definition) is 6. The SMILES string of the molecule is COc1cnc(-c2nnco2)nc1. The summed E-state index contributed by atoms with van der Waals surface area (Å²) < 4.78 is 9.80. The van der Waals surface area contributed by atoms with E-state index in [1.807, 2.05) is 0 Å². The molecular weight excluding hydrogens is 172 g/mol. The van der Waals surface area contributed by atoms with E-state index in [-0.39, 0.29) is 0 Å². The first kappa shape index (κ1) is 7.66. The van der Waals surface area contributed by atoms with Gasteiger partial charge in [-0.1, -0.05) is 0 Å². The first-order chi connectivity index (χ1) is 6.40. The minimum Gasteiger partial charge on any atom is -0.494 e. The zero-order valence-electron chi connectivity index (χ0n) is 6.84. The number of ether oxygens (including phenoxy) is 1. The second-order valence-electron chi connectivity index (χ2n) is 2.19. The molecule has 6 nitrogen and oxygen atoms in total. The molecule has 0 N–H and O–H groups in total. The number of nitrogens with zero attached hydrogens (tertiary/aromatic N) is 4. The normalized spacial score (nSPS) is 9.92. The van der Waals surface area contributed by atoms with E-state index in [4.69, 9.17) is 9.15 Å². The van der Waals surface area contributed by atoms with Crippen LogP contribution in [0.4, 0.5) is 0 Å². The monoisotopic (exact) mass is 178 g/mol. The lowest BCUT2D eigenvalue weighted by Crippen LogP contribution is -1.90. The Hall–Kier alpha value is -1.98. The summed E-state index contributed by atoms with van der Waals surface area (Å²) in [6, 6.07) is 0. The van der Waals surface area contributed by atoms with Crippen molar-refractivity contribution in [1.29, 1.82) is 0 Å². The first-order valence-electron chi connectivity index (χ1n) is 3.52. The van der Waals surface area contributed by atoms with Crippen molar-refractivity contribution in [3.63, 3.8) is 0 Å². The Kier molecular flexibility index (Phi) is 1.87. The van der Waals surface area contributed by atoms with Gasteiger partial charge in [-0.3, -0.25) is 0 Å². The molecule has 2 aromatic rings. The van der Waals surface area contributed by atoms with E-state index >= 15 is 0 Å². The van der Waals surface area contributed by atoms with E-state index in [9.17, 15) is 0 Å². The lowest BCUT2D eigenvalue weighted by molar-refractivity contribution is 0.410. The van der Waals surface area contributed by atoms with Gasteiger partial charge in [0.15, 0.2) is 5.75 Å². The van der Waals surface area contributed by atoms with Crippen LogP contribution >= 0.6 is 0 Å². The van der Waals surface area contributed by atoms with Crippen LogP contribution in [-0.2, 0) is 0 Å². The van der Waals surface area contributed by atoms with Gasteiger partial charge in [-0.2, -0.15) is 0 Å². The molecule has 0 unspecified atom stereocenters. The van der Waals surface area contributed by atoms with Crippen LogP contribution in [0.15, 0.2) is 23.2 Å². The molecule has 0 bridgehead atoms. The van der Waals surface area contributed by atoms with Crippen molar-refractivity contribution in [2.45, 2.75) is 0 Å². The van der Waals surface area contributed by atoms with Gasteiger partial charge in [-0.25, -0.2) is 9.97 Å². The summed E-state index contributed by atoms with van der Waals surface area (Å²) in [5, 5.41) is 7.17. The largest absolute Gasteiger partial charge is 0.494 e. The molecule has 6 heteroatoms. The average Bonchev–Trinajstić information content (AvgIpc) is 2.71. The third kappa shape index (κ3) is 1.46. The third-order valence-electron chi connectivity index (χ3n) is 1.42. The molecular formula is C7H6N4O2. The predicted molar refractivity (Wildman–Crippen MR) is 41.9 cm³/mol. The van der Waals surface area contributed by atoms with Crippen LogP contribution in [0.2, 0.25) is 0 Å². The van der Waals surface area contributed by atoms with E-state index < -0.39 is 0 Å². The summed E-state index contributed by atoms with van der Waals surface area (Å²) in [7, 11) is 1.55. The van der Waals surface area contributed by atoms with Crippen LogP contribution in [0.25, 0.3) is 11.7 Å². The molecule has 0 spiro atoms. The van der Waals surface area contributed by atoms with Gasteiger partial charge in [-0.05, 0) is 0 Å². The van der Waals surface area contributed by atoms with Crippen molar-refractivity contribution in [3.8, 4) is 17.5 Å². The number of aromatic nitrogens is 4. The van der Waals surface area contributed by atoms with Gasteiger partial charge in [0, 0.05) is 0 Å². The molecule has 2 heterocycles. The van der Waals surface area contributed by atoms with Crippen LogP contribution in [0.3, 0.4) is 0 Å². The average molecular weight is 178 g/mol. The van der Waals surface area contributed by atoms with Gasteiger partial charge in [0.25, 0.3) is 5.89 Å². The molecule has 0 aliphatic carbocycles. The maximum absolute atomic E-state index is 4.91. The van der Waals surface area contributed by atoms with E-state index in [1.54, 1.807) is 7.11 Å². The third-order valence-corrected chi connectivity index (χ3v) is 1.42. The molecule has 13 heavy (non-hydrogen) atoms. The van der Waals surface area contributed by atoms with Crippen molar-refractivity contribution in [1.82, 2.24) is 20.2 Å². The van der Waals surface area contributed by atoms with Crippen LogP contribution in [0.5, 0.6) is 5.75 Å². The molecule has 0 amide bonds. The Morgan fingerprint density at radius 2 is 2.08 bits per heavy atom. The van der Waals surface area contributed by atoms with Gasteiger partial charge < -0.3 is 9.15 Å². The zero-order chi connectivity index (χ0) is 9.10. The Morgan fingerprint density at radius 3 is 2.62 bits per heavy atom. The molecule has 0 atom stereocenters. The summed E-state index contributed by atoms with van der Waals surface area (Å²) in [5.74, 6) is 1.27. The molecule has 2 rings (SSSR count). The molecule has 2 aromatic heterocycles. The summed E-state index contributed by atoms with van der Waals surface area (Å²) in [6.07, 6.45) is 4.29. The summed E-state index contributed by atoms with van der Waals surface area (Å²) in [5.41, 5.74) is 0. The Labute approximate surface area is 73.6 Å². The van der Waals surface area contributed by atoms with Crippen molar-refractivity contribution in [2.24, 2.45) is 0 Å². The lowest BCUT2D eigenvalue weighted by atomic mass is 10.5. The van der Waals surface area contributed by atoms with Crippen LogP contribution in [0, 0.1) is 0 Å². The summed E-state index contributed by atoms with van der Waals surface area (Å²) in [4.78, 5) is 7.92. The highest BCUT2D eigenvalue weighted by Crippen LogP contribution is 2.12. The van der Waals surface area contributed by atoms with Crippen molar-refractivity contribution in [2.75, 3.05) is 7.11 Å². The number of methoxy groups -OCH3 is 1. The van der Waals surface area contributed by atoms with Gasteiger partial charge in [0.1, 0.15) is 0 Å². The zero-order valence-corrected chi connectivity index (χ0v) is 6.84. The fourth-order valence-corrected chi connectivity index (χ4v) is 0.803. The molecule has 0 saturated carbocycles. The second-order valence-corrected chi connectivity index (χ2v) is 2.19. The Balaban J connectivity index is 2.33. The highest BCUT2D eigenvalue weighted by molar-refractivity contribution is 5.38. The lowest BCUT2D eigenvalue weighted by Gasteiger charge is -1.96. The number of rotatable bonds is 2. The molecule has 0 aliphatic rings. The molecule has 0 radical (unpaired) electrons. The van der Waals surface area contributed by atoms with Gasteiger partial charge in [0.2, 0.25) is 12.2 Å². The van der Waals surface area contributed by atoms with Gasteiger partial charge in [-0.15, -0.1) is 10.2 Å². The standard InChI is InChI=1S/C7H6N4O2/c1-12-5-2-8-6(9-3-5)7-11-10-4-13-7/h2-4H,1H3. The summed E-state index contributed by atoms with van der Waals surface area (Å²) >= 11 is 0. The first-order valence-corrected chi connectivity index (χ1v) is 3.52. The van der Waals surface area contributed by atoms with Crippen LogP contribution in [-0.4, -0.2) is 27.3 Å².